The number of hydrogen-bond acceptors (Lipinski definition) is 5. The average molecular weight is 304 g/mol. The van der Waals surface area contributed by atoms with Crippen LogP contribution in [0.5, 0.6) is 11.5 Å². The standard InChI is InChI=1S/C15H20N4O3/c1-10(16-14-7-8-19(2)18-14)15(20)17-11-5-6-12(21-3)13(9-11)22-4/h5-10H,1-4H3,(H,16,18)(H,17,20). The number of carbonyl (C=O) groups excluding carboxylic acids is 1. The molecule has 0 fully saturated rings. The van der Waals surface area contributed by atoms with Gasteiger partial charge in [-0.25, -0.2) is 0 Å². The maximum Gasteiger partial charge on any atom is 0.246 e. The zero-order chi connectivity index (χ0) is 16.1. The molecule has 0 spiro atoms. The number of hydrogen-bond donors (Lipinski definition) is 2. The number of carbonyl (C=O) groups is 1. The predicted molar refractivity (Wildman–Crippen MR) is 84.5 cm³/mol. The van der Waals surface area contributed by atoms with E-state index in [-0.39, 0.29) is 5.91 Å². The van der Waals surface area contributed by atoms with E-state index >= 15 is 0 Å². The van der Waals surface area contributed by atoms with Crippen molar-refractivity contribution in [3.05, 3.63) is 30.5 Å². The predicted octanol–water partition coefficient (Wildman–Crippen LogP) is 1.88. The second kappa shape index (κ2) is 6.84. The first-order valence-electron chi connectivity index (χ1n) is 6.82. The van der Waals surface area contributed by atoms with Crippen molar-refractivity contribution in [3.8, 4) is 11.5 Å². The van der Waals surface area contributed by atoms with E-state index in [1.165, 1.54) is 0 Å². The Kier molecular flexibility index (Phi) is 4.88. The zero-order valence-corrected chi connectivity index (χ0v) is 13.1. The molecule has 7 nitrogen and oxygen atoms in total. The SMILES string of the molecule is COc1ccc(NC(=O)C(C)Nc2ccn(C)n2)cc1OC. The monoisotopic (exact) mass is 304 g/mol. The Bertz CT molecular complexity index is 654. The molecule has 1 heterocycles. The number of nitrogens with one attached hydrogen (secondary N) is 2. The number of methoxy groups -OCH3 is 2. The van der Waals surface area contributed by atoms with Crippen LogP contribution in [0.15, 0.2) is 30.5 Å². The number of anilines is 2. The first kappa shape index (κ1) is 15.7. The Morgan fingerprint density at radius 1 is 1.23 bits per heavy atom. The lowest BCUT2D eigenvalue weighted by Crippen LogP contribution is -2.32. The van der Waals surface area contributed by atoms with E-state index in [4.69, 9.17) is 9.47 Å². The molecule has 0 aliphatic carbocycles. The highest BCUT2D eigenvalue weighted by Gasteiger charge is 2.15. The van der Waals surface area contributed by atoms with Crippen LogP contribution < -0.4 is 20.1 Å². The minimum absolute atomic E-state index is 0.169. The first-order valence-corrected chi connectivity index (χ1v) is 6.82. The lowest BCUT2D eigenvalue weighted by molar-refractivity contribution is -0.116. The van der Waals surface area contributed by atoms with E-state index in [1.54, 1.807) is 56.3 Å². The van der Waals surface area contributed by atoms with Gasteiger partial charge in [-0.3, -0.25) is 9.48 Å². The number of rotatable bonds is 6. The molecular weight excluding hydrogens is 284 g/mol. The molecule has 2 rings (SSSR count). The fraction of sp³-hybridized carbons (Fsp3) is 0.333. The smallest absolute Gasteiger partial charge is 0.246 e. The van der Waals surface area contributed by atoms with Crippen molar-refractivity contribution in [1.29, 1.82) is 0 Å². The summed E-state index contributed by atoms with van der Waals surface area (Å²) in [6, 6.07) is 6.59. The summed E-state index contributed by atoms with van der Waals surface area (Å²) < 4.78 is 12.0. The maximum atomic E-state index is 12.2. The molecule has 1 amide bonds. The van der Waals surface area contributed by atoms with Crippen LogP contribution in [0.4, 0.5) is 11.5 Å². The molecule has 2 aromatic rings. The minimum atomic E-state index is -0.428. The van der Waals surface area contributed by atoms with E-state index in [1.807, 2.05) is 7.05 Å². The third kappa shape index (κ3) is 3.69. The van der Waals surface area contributed by atoms with Gasteiger partial charge in [0.05, 0.1) is 14.2 Å². The summed E-state index contributed by atoms with van der Waals surface area (Å²) in [7, 11) is 4.93. The normalized spacial score (nSPS) is 11.6. The Morgan fingerprint density at radius 3 is 2.55 bits per heavy atom. The minimum Gasteiger partial charge on any atom is -0.493 e. The van der Waals surface area contributed by atoms with E-state index in [0.717, 1.165) is 0 Å². The lowest BCUT2D eigenvalue weighted by Gasteiger charge is -2.15. The van der Waals surface area contributed by atoms with Crippen molar-refractivity contribution >= 4 is 17.4 Å². The molecule has 1 aromatic carbocycles. The van der Waals surface area contributed by atoms with Gasteiger partial charge in [0.25, 0.3) is 0 Å². The fourth-order valence-electron chi connectivity index (χ4n) is 1.94. The van der Waals surface area contributed by atoms with Crippen molar-refractivity contribution in [2.45, 2.75) is 13.0 Å². The summed E-state index contributed by atoms with van der Waals surface area (Å²) in [5, 5.41) is 10.0. The van der Waals surface area contributed by atoms with Gasteiger partial charge in [-0.1, -0.05) is 0 Å². The van der Waals surface area contributed by atoms with Crippen LogP contribution in [0.25, 0.3) is 0 Å². The van der Waals surface area contributed by atoms with Crippen LogP contribution in [0, 0.1) is 0 Å². The largest absolute Gasteiger partial charge is 0.493 e. The second-order valence-corrected chi connectivity index (χ2v) is 4.80. The molecule has 22 heavy (non-hydrogen) atoms. The Hall–Kier alpha value is -2.70. The molecule has 1 unspecified atom stereocenters. The molecule has 0 radical (unpaired) electrons. The third-order valence-corrected chi connectivity index (χ3v) is 3.12. The van der Waals surface area contributed by atoms with E-state index < -0.39 is 6.04 Å². The van der Waals surface area contributed by atoms with Crippen LogP contribution in [0.2, 0.25) is 0 Å². The molecule has 7 heteroatoms. The van der Waals surface area contributed by atoms with Crippen molar-refractivity contribution in [2.75, 3.05) is 24.9 Å². The molecule has 0 saturated heterocycles. The fourth-order valence-corrected chi connectivity index (χ4v) is 1.94. The van der Waals surface area contributed by atoms with Gasteiger partial charge in [-0.15, -0.1) is 0 Å². The summed E-state index contributed by atoms with van der Waals surface area (Å²) in [5.41, 5.74) is 0.636. The molecule has 0 aliphatic rings. The van der Waals surface area contributed by atoms with Gasteiger partial charge in [0.15, 0.2) is 11.5 Å². The molecule has 0 saturated carbocycles. The molecule has 2 N–H and O–H groups in total. The highest BCUT2D eigenvalue weighted by Crippen LogP contribution is 2.29. The molecule has 118 valence electrons. The highest BCUT2D eigenvalue weighted by molar-refractivity contribution is 5.96. The summed E-state index contributed by atoms with van der Waals surface area (Å²) in [5.74, 6) is 1.65. The van der Waals surface area contributed by atoms with Crippen LogP contribution in [-0.2, 0) is 11.8 Å². The Balaban J connectivity index is 2.01. The Morgan fingerprint density at radius 2 is 1.95 bits per heavy atom. The van der Waals surface area contributed by atoms with Gasteiger partial charge in [0, 0.05) is 31.1 Å². The van der Waals surface area contributed by atoms with Crippen LogP contribution in [0.3, 0.4) is 0 Å². The number of aryl methyl sites for hydroxylation is 1. The van der Waals surface area contributed by atoms with E-state index in [0.29, 0.717) is 23.0 Å². The van der Waals surface area contributed by atoms with Gasteiger partial charge in [-0.2, -0.15) is 5.10 Å². The average Bonchev–Trinajstić information content (AvgIpc) is 2.92. The number of aromatic nitrogens is 2. The summed E-state index contributed by atoms with van der Waals surface area (Å²) in [6.45, 7) is 1.77. The summed E-state index contributed by atoms with van der Waals surface area (Å²) in [4.78, 5) is 12.2. The molecular formula is C15H20N4O3. The third-order valence-electron chi connectivity index (χ3n) is 3.12. The summed E-state index contributed by atoms with van der Waals surface area (Å²) >= 11 is 0. The first-order chi connectivity index (χ1) is 10.5. The molecule has 1 atom stereocenters. The number of benzene rings is 1. The van der Waals surface area contributed by atoms with Gasteiger partial charge < -0.3 is 20.1 Å². The van der Waals surface area contributed by atoms with Gasteiger partial charge in [0.1, 0.15) is 11.9 Å². The molecule has 0 bridgehead atoms. The number of nitrogens with zero attached hydrogens (tertiary/aromatic N) is 2. The van der Waals surface area contributed by atoms with Crippen LogP contribution in [0.1, 0.15) is 6.92 Å². The van der Waals surface area contributed by atoms with Crippen molar-refractivity contribution in [2.24, 2.45) is 7.05 Å². The Labute approximate surface area is 129 Å². The number of ether oxygens (including phenoxy) is 2. The van der Waals surface area contributed by atoms with Crippen molar-refractivity contribution in [1.82, 2.24) is 9.78 Å². The van der Waals surface area contributed by atoms with E-state index in [9.17, 15) is 4.79 Å². The molecule has 1 aromatic heterocycles. The quantitative estimate of drug-likeness (QED) is 0.852. The van der Waals surface area contributed by atoms with Gasteiger partial charge in [0.2, 0.25) is 5.91 Å². The van der Waals surface area contributed by atoms with E-state index in [2.05, 4.69) is 15.7 Å². The van der Waals surface area contributed by atoms with Gasteiger partial charge >= 0.3 is 0 Å². The highest BCUT2D eigenvalue weighted by atomic mass is 16.5. The summed E-state index contributed by atoms with van der Waals surface area (Å²) in [6.07, 6.45) is 1.81. The molecule has 0 aliphatic heterocycles. The van der Waals surface area contributed by atoms with Crippen molar-refractivity contribution in [3.63, 3.8) is 0 Å². The maximum absolute atomic E-state index is 12.2. The number of amides is 1. The van der Waals surface area contributed by atoms with Crippen molar-refractivity contribution < 1.29 is 14.3 Å². The van der Waals surface area contributed by atoms with Crippen LogP contribution >= 0.6 is 0 Å². The second-order valence-electron chi connectivity index (χ2n) is 4.80. The lowest BCUT2D eigenvalue weighted by atomic mass is 10.2. The van der Waals surface area contributed by atoms with Crippen LogP contribution in [-0.4, -0.2) is 35.9 Å². The van der Waals surface area contributed by atoms with Gasteiger partial charge in [-0.05, 0) is 19.1 Å². The zero-order valence-electron chi connectivity index (χ0n) is 13.1. The topological polar surface area (TPSA) is 77.4 Å².